The number of aromatic hydroxyl groups is 1. The molecule has 68 valence electrons. The van der Waals surface area contributed by atoms with Crippen molar-refractivity contribution in [2.24, 2.45) is 5.73 Å². The zero-order chi connectivity index (χ0) is 8.27. The van der Waals surface area contributed by atoms with Crippen LogP contribution in [0.4, 0.5) is 0 Å². The molecule has 0 atom stereocenters. The molecule has 1 rings (SSSR count). The zero-order valence-corrected chi connectivity index (χ0v) is 8.03. The molecule has 0 aliphatic rings. The van der Waals surface area contributed by atoms with Crippen molar-refractivity contribution in [3.63, 3.8) is 0 Å². The Kier molecular flexibility index (Phi) is 5.06. The van der Waals surface area contributed by atoms with Crippen molar-refractivity contribution in [2.45, 2.75) is 6.42 Å². The summed E-state index contributed by atoms with van der Waals surface area (Å²) in [5.74, 6) is 0.123. The molecule has 0 bridgehead atoms. The van der Waals surface area contributed by atoms with Gasteiger partial charge in [-0.25, -0.2) is 0 Å². The average Bonchev–Trinajstić information content (AvgIpc) is 1.99. The van der Waals surface area contributed by atoms with Crippen molar-refractivity contribution in [2.75, 3.05) is 6.54 Å². The first-order valence-electron chi connectivity index (χ1n) is 3.42. The molecular weight excluding hydrogens is 197 g/mol. The van der Waals surface area contributed by atoms with Crippen molar-refractivity contribution in [3.05, 3.63) is 28.8 Å². The minimum absolute atomic E-state index is 0. The van der Waals surface area contributed by atoms with Gasteiger partial charge in [-0.1, -0.05) is 23.7 Å². The SMILES string of the molecule is Cl.NCCc1cccc(O)c1Cl. The van der Waals surface area contributed by atoms with Crippen LogP contribution in [-0.4, -0.2) is 11.7 Å². The van der Waals surface area contributed by atoms with Gasteiger partial charge in [0.05, 0.1) is 5.02 Å². The maximum Gasteiger partial charge on any atom is 0.134 e. The lowest BCUT2D eigenvalue weighted by molar-refractivity contribution is 0.475. The number of hydrogen-bond acceptors (Lipinski definition) is 2. The Morgan fingerprint density at radius 3 is 2.67 bits per heavy atom. The van der Waals surface area contributed by atoms with Crippen molar-refractivity contribution >= 4 is 24.0 Å². The van der Waals surface area contributed by atoms with E-state index in [1.54, 1.807) is 12.1 Å². The fourth-order valence-electron chi connectivity index (χ4n) is 0.915. The van der Waals surface area contributed by atoms with Gasteiger partial charge in [-0.15, -0.1) is 12.4 Å². The second kappa shape index (κ2) is 5.25. The Bertz CT molecular complexity index is 253. The van der Waals surface area contributed by atoms with E-state index in [1.807, 2.05) is 6.07 Å². The summed E-state index contributed by atoms with van der Waals surface area (Å²) in [5, 5.41) is 9.57. The highest BCUT2D eigenvalue weighted by molar-refractivity contribution is 6.32. The van der Waals surface area contributed by atoms with Gasteiger partial charge in [0.1, 0.15) is 5.75 Å². The predicted molar refractivity (Wildman–Crippen MR) is 53.1 cm³/mol. The lowest BCUT2D eigenvalue weighted by Gasteiger charge is -2.02. The average molecular weight is 208 g/mol. The fraction of sp³-hybridized carbons (Fsp3) is 0.250. The summed E-state index contributed by atoms with van der Waals surface area (Å²) in [5.41, 5.74) is 6.24. The van der Waals surface area contributed by atoms with Gasteiger partial charge in [0.2, 0.25) is 0 Å². The third-order valence-corrected chi connectivity index (χ3v) is 1.91. The normalized spacial score (nSPS) is 9.17. The maximum absolute atomic E-state index is 9.15. The minimum atomic E-state index is 0. The van der Waals surface area contributed by atoms with E-state index in [9.17, 15) is 0 Å². The third kappa shape index (κ3) is 2.55. The molecule has 0 saturated carbocycles. The molecule has 0 saturated heterocycles. The van der Waals surface area contributed by atoms with Crippen LogP contribution in [0.25, 0.3) is 0 Å². The summed E-state index contributed by atoms with van der Waals surface area (Å²) in [6, 6.07) is 5.17. The summed E-state index contributed by atoms with van der Waals surface area (Å²) in [6.45, 7) is 0.545. The van der Waals surface area contributed by atoms with Crippen LogP contribution in [0.3, 0.4) is 0 Å². The monoisotopic (exact) mass is 207 g/mol. The van der Waals surface area contributed by atoms with Crippen LogP contribution in [0.15, 0.2) is 18.2 Å². The number of halogens is 2. The molecule has 0 heterocycles. The van der Waals surface area contributed by atoms with Gasteiger partial charge in [-0.2, -0.15) is 0 Å². The van der Waals surface area contributed by atoms with Crippen LogP contribution in [0.1, 0.15) is 5.56 Å². The van der Waals surface area contributed by atoms with E-state index in [0.717, 1.165) is 5.56 Å². The minimum Gasteiger partial charge on any atom is -0.506 e. The van der Waals surface area contributed by atoms with Crippen LogP contribution in [0.5, 0.6) is 5.75 Å². The zero-order valence-electron chi connectivity index (χ0n) is 6.46. The topological polar surface area (TPSA) is 46.2 Å². The summed E-state index contributed by atoms with van der Waals surface area (Å²) in [4.78, 5) is 0. The number of benzene rings is 1. The van der Waals surface area contributed by atoms with Crippen molar-refractivity contribution < 1.29 is 5.11 Å². The van der Waals surface area contributed by atoms with Gasteiger partial charge in [0, 0.05) is 0 Å². The van der Waals surface area contributed by atoms with Gasteiger partial charge in [-0.3, -0.25) is 0 Å². The van der Waals surface area contributed by atoms with Crippen molar-refractivity contribution in [1.29, 1.82) is 0 Å². The highest BCUT2D eigenvalue weighted by atomic mass is 35.5. The molecule has 0 spiro atoms. The van der Waals surface area contributed by atoms with Gasteiger partial charge < -0.3 is 10.8 Å². The van der Waals surface area contributed by atoms with Gasteiger partial charge in [-0.05, 0) is 24.6 Å². The second-order valence-corrected chi connectivity index (χ2v) is 2.67. The van der Waals surface area contributed by atoms with E-state index < -0.39 is 0 Å². The van der Waals surface area contributed by atoms with Crippen LogP contribution >= 0.6 is 24.0 Å². The molecule has 0 unspecified atom stereocenters. The molecule has 0 aliphatic heterocycles. The molecule has 12 heavy (non-hydrogen) atoms. The Hall–Kier alpha value is -0.440. The van der Waals surface area contributed by atoms with E-state index in [2.05, 4.69) is 0 Å². The van der Waals surface area contributed by atoms with E-state index in [4.69, 9.17) is 22.4 Å². The molecule has 0 amide bonds. The molecule has 1 aromatic carbocycles. The predicted octanol–water partition coefficient (Wildman–Crippen LogP) is 1.97. The molecular formula is C8H11Cl2NO. The first-order valence-corrected chi connectivity index (χ1v) is 3.80. The summed E-state index contributed by atoms with van der Waals surface area (Å²) >= 11 is 5.77. The molecule has 3 N–H and O–H groups in total. The molecule has 2 nitrogen and oxygen atoms in total. The standard InChI is InChI=1S/C8H10ClNO.ClH/c9-8-6(4-5-10)2-1-3-7(8)11;/h1-3,11H,4-5,10H2;1H. The number of phenols is 1. The fourth-order valence-corrected chi connectivity index (χ4v) is 1.14. The van der Waals surface area contributed by atoms with E-state index in [0.29, 0.717) is 18.0 Å². The first-order chi connectivity index (χ1) is 5.25. The molecule has 0 radical (unpaired) electrons. The highest BCUT2D eigenvalue weighted by Crippen LogP contribution is 2.26. The Morgan fingerprint density at radius 1 is 1.42 bits per heavy atom. The van der Waals surface area contributed by atoms with Gasteiger partial charge >= 0.3 is 0 Å². The number of rotatable bonds is 2. The highest BCUT2D eigenvalue weighted by Gasteiger charge is 2.02. The molecule has 4 heteroatoms. The van der Waals surface area contributed by atoms with E-state index in [-0.39, 0.29) is 18.2 Å². The second-order valence-electron chi connectivity index (χ2n) is 2.29. The Balaban J connectivity index is 0.00000121. The smallest absolute Gasteiger partial charge is 0.134 e. The lowest BCUT2D eigenvalue weighted by atomic mass is 10.1. The third-order valence-electron chi connectivity index (χ3n) is 1.47. The lowest BCUT2D eigenvalue weighted by Crippen LogP contribution is -2.02. The van der Waals surface area contributed by atoms with E-state index in [1.165, 1.54) is 0 Å². The van der Waals surface area contributed by atoms with Crippen LogP contribution in [-0.2, 0) is 6.42 Å². The molecule has 0 aromatic heterocycles. The van der Waals surface area contributed by atoms with Crippen LogP contribution < -0.4 is 5.73 Å². The largest absolute Gasteiger partial charge is 0.506 e. The van der Waals surface area contributed by atoms with Gasteiger partial charge in [0.15, 0.2) is 0 Å². The van der Waals surface area contributed by atoms with Crippen LogP contribution in [0, 0.1) is 0 Å². The number of phenolic OH excluding ortho intramolecular Hbond substituents is 1. The van der Waals surface area contributed by atoms with E-state index >= 15 is 0 Å². The number of nitrogens with two attached hydrogens (primary N) is 1. The van der Waals surface area contributed by atoms with Crippen molar-refractivity contribution in [1.82, 2.24) is 0 Å². The quantitative estimate of drug-likeness (QED) is 0.780. The Morgan fingerprint density at radius 2 is 2.08 bits per heavy atom. The first kappa shape index (κ1) is 11.6. The van der Waals surface area contributed by atoms with Crippen molar-refractivity contribution in [3.8, 4) is 5.75 Å². The summed E-state index contributed by atoms with van der Waals surface area (Å²) in [6.07, 6.45) is 0.702. The summed E-state index contributed by atoms with van der Waals surface area (Å²) < 4.78 is 0. The number of hydrogen-bond donors (Lipinski definition) is 2. The van der Waals surface area contributed by atoms with Crippen LogP contribution in [0.2, 0.25) is 5.02 Å². The molecule has 1 aromatic rings. The molecule has 0 fully saturated rings. The maximum atomic E-state index is 9.15. The molecule has 0 aliphatic carbocycles. The van der Waals surface area contributed by atoms with Gasteiger partial charge in [0.25, 0.3) is 0 Å². The summed E-state index contributed by atoms with van der Waals surface area (Å²) in [7, 11) is 0. The Labute approximate surface area is 82.8 Å².